The molecule has 0 bridgehead atoms. The van der Waals surface area contributed by atoms with Crippen molar-refractivity contribution in [3.8, 4) is 0 Å². The summed E-state index contributed by atoms with van der Waals surface area (Å²) in [4.78, 5) is 33.3. The second kappa shape index (κ2) is 6.29. The van der Waals surface area contributed by atoms with Gasteiger partial charge in [0.15, 0.2) is 0 Å². The third kappa shape index (κ3) is 3.03. The van der Waals surface area contributed by atoms with E-state index in [0.717, 1.165) is 43.4 Å². The summed E-state index contributed by atoms with van der Waals surface area (Å²) < 4.78 is 5.15. The molecule has 2 heterocycles. The normalized spacial score (nSPS) is 27.4. The van der Waals surface area contributed by atoms with Gasteiger partial charge in [0, 0.05) is 6.08 Å². The van der Waals surface area contributed by atoms with Crippen molar-refractivity contribution in [2.45, 2.75) is 51.7 Å². The Balaban J connectivity index is 1.76. The lowest BCUT2D eigenvalue weighted by atomic mass is 9.90. The topological polar surface area (TPSA) is 89.3 Å². The number of hydrogen-bond acceptors (Lipinski definition) is 6. The van der Waals surface area contributed by atoms with Crippen molar-refractivity contribution in [3.05, 3.63) is 11.6 Å². The molecule has 7 nitrogen and oxygen atoms in total. The summed E-state index contributed by atoms with van der Waals surface area (Å²) in [5, 5.41) is 6.60. The van der Waals surface area contributed by atoms with Crippen LogP contribution in [0.25, 0.3) is 0 Å². The Morgan fingerprint density at radius 2 is 2.18 bits per heavy atom. The number of aliphatic imine (C=N–C) groups is 1. The molecule has 1 aliphatic carbocycles. The van der Waals surface area contributed by atoms with Crippen LogP contribution in [0.15, 0.2) is 21.8 Å². The number of amides is 1. The van der Waals surface area contributed by atoms with E-state index in [2.05, 4.69) is 15.5 Å². The molecule has 118 valence electrons. The van der Waals surface area contributed by atoms with Gasteiger partial charge in [-0.05, 0) is 37.7 Å². The van der Waals surface area contributed by atoms with Gasteiger partial charge in [-0.25, -0.2) is 4.79 Å². The molecule has 0 spiro atoms. The number of oxime groups is 1. The van der Waals surface area contributed by atoms with E-state index in [1.807, 2.05) is 6.92 Å². The zero-order valence-electron chi connectivity index (χ0n) is 12.5. The summed E-state index contributed by atoms with van der Waals surface area (Å²) in [6.45, 7) is 1.99. The van der Waals surface area contributed by atoms with Crippen LogP contribution >= 0.6 is 0 Å². The molecule has 1 amide bonds. The van der Waals surface area contributed by atoms with Crippen LogP contribution < -0.4 is 5.32 Å². The molecule has 1 saturated carbocycles. The van der Waals surface area contributed by atoms with Gasteiger partial charge in [-0.15, -0.1) is 0 Å². The van der Waals surface area contributed by atoms with E-state index in [0.29, 0.717) is 6.42 Å². The van der Waals surface area contributed by atoms with Gasteiger partial charge in [-0.1, -0.05) is 18.5 Å². The van der Waals surface area contributed by atoms with Crippen LogP contribution in [0.5, 0.6) is 0 Å². The quantitative estimate of drug-likeness (QED) is 0.634. The summed E-state index contributed by atoms with van der Waals surface area (Å²) in [6.07, 6.45) is 6.07. The van der Waals surface area contributed by atoms with Gasteiger partial charge in [0.25, 0.3) is 0 Å². The van der Waals surface area contributed by atoms with E-state index < -0.39 is 18.1 Å². The van der Waals surface area contributed by atoms with Crippen LogP contribution in [-0.4, -0.2) is 29.8 Å². The van der Waals surface area contributed by atoms with Crippen LogP contribution in [0, 0.1) is 5.92 Å². The largest absolute Gasteiger partial charge is 0.435 e. The predicted molar refractivity (Wildman–Crippen MR) is 78.9 cm³/mol. The van der Waals surface area contributed by atoms with Crippen molar-refractivity contribution in [2.75, 3.05) is 0 Å². The zero-order chi connectivity index (χ0) is 15.5. The summed E-state index contributed by atoms with van der Waals surface area (Å²) in [5.74, 6) is -1.30. The molecular weight excluding hydrogens is 286 g/mol. The van der Waals surface area contributed by atoms with Crippen LogP contribution in [0.3, 0.4) is 0 Å². The first-order valence-electron chi connectivity index (χ1n) is 7.70. The second-order valence-corrected chi connectivity index (χ2v) is 5.65. The Hall–Kier alpha value is -2.18. The number of rotatable bonds is 3. The number of fused-ring (bicyclic) bond motifs is 1. The van der Waals surface area contributed by atoms with E-state index in [-0.39, 0.29) is 11.9 Å². The molecule has 3 aliphatic rings. The number of nitrogens with one attached hydrogen (secondary N) is 1. The molecule has 2 aliphatic heterocycles. The molecular formula is C15H19N3O4. The minimum atomic E-state index is -0.855. The Kier molecular flexibility index (Phi) is 4.22. The van der Waals surface area contributed by atoms with Gasteiger partial charge in [0.05, 0.1) is 5.71 Å². The summed E-state index contributed by atoms with van der Waals surface area (Å²) in [5.41, 5.74) is 1.72. The molecule has 2 unspecified atom stereocenters. The summed E-state index contributed by atoms with van der Waals surface area (Å²) >= 11 is 0. The number of esters is 1. The molecule has 0 aromatic heterocycles. The maximum Gasteiger partial charge on any atom is 0.332 e. The number of ether oxygens (including phenoxy) is 1. The lowest BCUT2D eigenvalue weighted by molar-refractivity contribution is -0.149. The highest BCUT2D eigenvalue weighted by molar-refractivity contribution is 6.01. The van der Waals surface area contributed by atoms with Gasteiger partial charge in [0.1, 0.15) is 5.92 Å². The number of amidine groups is 1. The monoisotopic (exact) mass is 305 g/mol. The van der Waals surface area contributed by atoms with E-state index >= 15 is 0 Å². The van der Waals surface area contributed by atoms with Gasteiger partial charge in [-0.3, -0.25) is 10.1 Å². The van der Waals surface area contributed by atoms with Crippen molar-refractivity contribution in [2.24, 2.45) is 16.1 Å². The lowest BCUT2D eigenvalue weighted by Crippen LogP contribution is -2.50. The minimum Gasteiger partial charge on any atom is -0.435 e. The van der Waals surface area contributed by atoms with Gasteiger partial charge in [0.2, 0.25) is 12.1 Å². The van der Waals surface area contributed by atoms with E-state index in [9.17, 15) is 9.59 Å². The highest BCUT2D eigenvalue weighted by Crippen LogP contribution is 2.30. The third-order valence-corrected chi connectivity index (χ3v) is 3.96. The molecule has 1 N–H and O–H groups in total. The maximum absolute atomic E-state index is 12.3. The van der Waals surface area contributed by atoms with E-state index in [4.69, 9.17) is 9.57 Å². The van der Waals surface area contributed by atoms with E-state index in [1.54, 1.807) is 0 Å². The lowest BCUT2D eigenvalue weighted by Gasteiger charge is -2.31. The Morgan fingerprint density at radius 3 is 2.91 bits per heavy atom. The van der Waals surface area contributed by atoms with Crippen molar-refractivity contribution in [3.63, 3.8) is 0 Å². The smallest absolute Gasteiger partial charge is 0.332 e. The molecule has 7 heteroatoms. The first-order chi connectivity index (χ1) is 10.7. The van der Waals surface area contributed by atoms with E-state index in [1.165, 1.54) is 6.08 Å². The van der Waals surface area contributed by atoms with Gasteiger partial charge >= 0.3 is 12.0 Å². The van der Waals surface area contributed by atoms with Crippen LogP contribution in [0.2, 0.25) is 0 Å². The molecule has 1 fully saturated rings. The number of carbonyl (C=O) groups excluding carboxylic acids is 2. The predicted octanol–water partition coefficient (Wildman–Crippen LogP) is 1.64. The Morgan fingerprint density at radius 1 is 1.41 bits per heavy atom. The highest BCUT2D eigenvalue weighted by atomic mass is 16.7. The number of hydrogen-bond donors (Lipinski definition) is 1. The van der Waals surface area contributed by atoms with Gasteiger partial charge in [-0.2, -0.15) is 4.99 Å². The SMILES string of the molecule is CCCC1=CC(=O)OC2N=C(ON=C3CCCC3)NC(=O)C12. The fourth-order valence-electron chi connectivity index (χ4n) is 2.92. The fourth-order valence-corrected chi connectivity index (χ4v) is 2.92. The number of nitrogens with zero attached hydrogens (tertiary/aromatic N) is 2. The molecule has 2 atom stereocenters. The second-order valence-electron chi connectivity index (χ2n) is 5.65. The zero-order valence-corrected chi connectivity index (χ0v) is 12.5. The highest BCUT2D eigenvalue weighted by Gasteiger charge is 2.41. The molecule has 0 radical (unpaired) electrons. The van der Waals surface area contributed by atoms with Crippen LogP contribution in [-0.2, 0) is 19.2 Å². The van der Waals surface area contributed by atoms with Crippen molar-refractivity contribution in [1.29, 1.82) is 0 Å². The average molecular weight is 305 g/mol. The van der Waals surface area contributed by atoms with Crippen LogP contribution in [0.4, 0.5) is 0 Å². The third-order valence-electron chi connectivity index (χ3n) is 3.96. The van der Waals surface area contributed by atoms with Crippen molar-refractivity contribution < 1.29 is 19.2 Å². The van der Waals surface area contributed by atoms with Crippen molar-refractivity contribution in [1.82, 2.24) is 5.32 Å². The molecule has 22 heavy (non-hydrogen) atoms. The molecule has 0 saturated heterocycles. The minimum absolute atomic E-state index is 0.00352. The number of carbonyl (C=O) groups is 2. The summed E-state index contributed by atoms with van der Waals surface area (Å²) in [7, 11) is 0. The Bertz CT molecular complexity index is 571. The van der Waals surface area contributed by atoms with Crippen molar-refractivity contribution >= 4 is 23.6 Å². The average Bonchev–Trinajstić information content (AvgIpc) is 2.97. The van der Waals surface area contributed by atoms with Crippen LogP contribution in [0.1, 0.15) is 45.4 Å². The summed E-state index contributed by atoms with van der Waals surface area (Å²) in [6, 6.07) is -0.00352. The standard InChI is InChI=1S/C15H19N3O4/c1-2-5-9-8-11(19)21-14-12(9)13(20)16-15(17-14)22-18-10-6-3-4-7-10/h8,12,14H,2-7H2,1H3,(H,16,17,20). The first kappa shape index (κ1) is 14.7. The first-order valence-corrected chi connectivity index (χ1v) is 7.70. The maximum atomic E-state index is 12.3. The Labute approximate surface area is 128 Å². The fraction of sp³-hybridized carbons (Fsp3) is 0.600. The molecule has 0 aromatic rings. The molecule has 3 rings (SSSR count). The van der Waals surface area contributed by atoms with Gasteiger partial charge < -0.3 is 9.57 Å². The molecule has 0 aromatic carbocycles.